The molecule has 19 heavy (non-hydrogen) atoms. The Morgan fingerprint density at radius 1 is 1.42 bits per heavy atom. The summed E-state index contributed by atoms with van der Waals surface area (Å²) in [5.41, 5.74) is -0.230. The summed E-state index contributed by atoms with van der Waals surface area (Å²) in [6.07, 6.45) is 1.64. The number of piperidine rings is 1. The van der Waals surface area contributed by atoms with Crippen molar-refractivity contribution in [2.75, 3.05) is 13.6 Å². The molecule has 2 unspecified atom stereocenters. The first-order valence-electron chi connectivity index (χ1n) is 6.44. The maximum absolute atomic E-state index is 13.5. The van der Waals surface area contributed by atoms with Crippen LogP contribution in [0.15, 0.2) is 18.2 Å². The SMILES string of the molecule is CC1CC(NC(=O)c2cccc(F)c2F)CCN1C. The fraction of sp³-hybridized carbons (Fsp3) is 0.500. The standard InChI is InChI=1S/C14H18F2N2O/c1-9-8-10(6-7-18(9)2)17-14(19)11-4-3-5-12(15)13(11)16/h3-5,9-10H,6-8H2,1-2H3,(H,17,19). The Kier molecular flexibility index (Phi) is 4.14. The molecule has 1 fully saturated rings. The van der Waals surface area contributed by atoms with Gasteiger partial charge >= 0.3 is 0 Å². The molecule has 1 aliphatic rings. The van der Waals surface area contributed by atoms with Crippen LogP contribution < -0.4 is 5.32 Å². The van der Waals surface area contributed by atoms with Gasteiger partial charge in [0.2, 0.25) is 0 Å². The second kappa shape index (κ2) is 5.65. The van der Waals surface area contributed by atoms with Gasteiger partial charge < -0.3 is 10.2 Å². The normalized spacial score (nSPS) is 24.2. The third-order valence-corrected chi connectivity index (χ3v) is 3.74. The highest BCUT2D eigenvalue weighted by Gasteiger charge is 2.25. The van der Waals surface area contributed by atoms with E-state index in [4.69, 9.17) is 0 Å². The lowest BCUT2D eigenvalue weighted by atomic mass is 9.98. The topological polar surface area (TPSA) is 32.3 Å². The molecule has 0 radical (unpaired) electrons. The number of rotatable bonds is 2. The van der Waals surface area contributed by atoms with Gasteiger partial charge in [-0.3, -0.25) is 4.79 Å². The molecule has 3 nitrogen and oxygen atoms in total. The second-order valence-electron chi connectivity index (χ2n) is 5.13. The Labute approximate surface area is 111 Å². The largest absolute Gasteiger partial charge is 0.349 e. The van der Waals surface area contributed by atoms with Crippen LogP contribution in [0.4, 0.5) is 8.78 Å². The minimum atomic E-state index is -1.08. The Morgan fingerprint density at radius 3 is 2.84 bits per heavy atom. The van der Waals surface area contributed by atoms with Gasteiger partial charge in [0.05, 0.1) is 5.56 Å². The van der Waals surface area contributed by atoms with Crippen LogP contribution >= 0.6 is 0 Å². The zero-order valence-electron chi connectivity index (χ0n) is 11.1. The minimum absolute atomic E-state index is 0.0152. The first-order chi connectivity index (χ1) is 8.99. The molecule has 2 atom stereocenters. The summed E-state index contributed by atoms with van der Waals surface area (Å²) in [4.78, 5) is 14.2. The Bertz CT molecular complexity index is 479. The maximum Gasteiger partial charge on any atom is 0.254 e. The summed E-state index contributed by atoms with van der Waals surface area (Å²) in [5.74, 6) is -2.62. The predicted molar refractivity (Wildman–Crippen MR) is 68.9 cm³/mol. The smallest absolute Gasteiger partial charge is 0.254 e. The number of hydrogen-bond acceptors (Lipinski definition) is 2. The molecule has 0 aromatic heterocycles. The van der Waals surface area contributed by atoms with Gasteiger partial charge in [0, 0.05) is 18.6 Å². The van der Waals surface area contributed by atoms with E-state index in [9.17, 15) is 13.6 Å². The Hall–Kier alpha value is -1.49. The first-order valence-corrected chi connectivity index (χ1v) is 6.44. The first kappa shape index (κ1) is 13.9. The number of likely N-dealkylation sites (tertiary alicyclic amines) is 1. The summed E-state index contributed by atoms with van der Waals surface area (Å²) in [7, 11) is 2.04. The maximum atomic E-state index is 13.5. The number of amides is 1. The molecule has 2 rings (SSSR count). The van der Waals surface area contributed by atoms with Crippen LogP contribution in [0.1, 0.15) is 30.1 Å². The number of halogens is 2. The van der Waals surface area contributed by atoms with E-state index in [1.165, 1.54) is 12.1 Å². The summed E-state index contributed by atoms with van der Waals surface area (Å²) in [6, 6.07) is 4.03. The fourth-order valence-corrected chi connectivity index (χ4v) is 2.36. The molecule has 0 bridgehead atoms. The van der Waals surface area contributed by atoms with Crippen LogP contribution in [-0.2, 0) is 0 Å². The fourth-order valence-electron chi connectivity index (χ4n) is 2.36. The zero-order chi connectivity index (χ0) is 14.0. The highest BCUT2D eigenvalue weighted by Crippen LogP contribution is 2.17. The van der Waals surface area contributed by atoms with Gasteiger partial charge in [0.25, 0.3) is 5.91 Å². The van der Waals surface area contributed by atoms with Crippen molar-refractivity contribution >= 4 is 5.91 Å². The summed E-state index contributed by atoms with van der Waals surface area (Å²) >= 11 is 0. The van der Waals surface area contributed by atoms with Crippen molar-refractivity contribution < 1.29 is 13.6 Å². The van der Waals surface area contributed by atoms with Crippen LogP contribution in [0.3, 0.4) is 0 Å². The minimum Gasteiger partial charge on any atom is -0.349 e. The van der Waals surface area contributed by atoms with E-state index in [0.29, 0.717) is 6.04 Å². The van der Waals surface area contributed by atoms with E-state index < -0.39 is 17.5 Å². The number of carbonyl (C=O) groups is 1. The molecule has 1 heterocycles. The number of hydrogen-bond donors (Lipinski definition) is 1. The second-order valence-corrected chi connectivity index (χ2v) is 5.13. The van der Waals surface area contributed by atoms with E-state index in [1.54, 1.807) is 0 Å². The molecule has 0 spiro atoms. The molecule has 0 aliphatic carbocycles. The molecule has 1 saturated heterocycles. The monoisotopic (exact) mass is 268 g/mol. The van der Waals surface area contributed by atoms with E-state index >= 15 is 0 Å². The third-order valence-electron chi connectivity index (χ3n) is 3.74. The molecule has 1 aliphatic heterocycles. The van der Waals surface area contributed by atoms with Crippen LogP contribution in [0.2, 0.25) is 0 Å². The number of carbonyl (C=O) groups excluding carboxylic acids is 1. The molecule has 0 saturated carbocycles. The Morgan fingerprint density at radius 2 is 2.16 bits per heavy atom. The van der Waals surface area contributed by atoms with Gasteiger partial charge in [-0.25, -0.2) is 8.78 Å². The quantitative estimate of drug-likeness (QED) is 0.891. The lowest BCUT2D eigenvalue weighted by Crippen LogP contribution is -2.47. The molecular weight excluding hydrogens is 250 g/mol. The highest BCUT2D eigenvalue weighted by atomic mass is 19.2. The Balaban J connectivity index is 2.03. The summed E-state index contributed by atoms with van der Waals surface area (Å²) in [5, 5.41) is 2.78. The number of nitrogens with one attached hydrogen (secondary N) is 1. The van der Waals surface area contributed by atoms with E-state index in [1.807, 2.05) is 7.05 Å². The molecule has 104 valence electrons. The molecule has 1 amide bonds. The van der Waals surface area contributed by atoms with Crippen molar-refractivity contribution in [2.45, 2.75) is 31.8 Å². The van der Waals surface area contributed by atoms with Crippen molar-refractivity contribution in [3.05, 3.63) is 35.4 Å². The highest BCUT2D eigenvalue weighted by molar-refractivity contribution is 5.94. The molecular formula is C14H18F2N2O. The van der Waals surface area contributed by atoms with Crippen LogP contribution in [-0.4, -0.2) is 36.5 Å². The van der Waals surface area contributed by atoms with Gasteiger partial charge in [0.15, 0.2) is 11.6 Å². The van der Waals surface area contributed by atoms with Crippen molar-refractivity contribution in [3.8, 4) is 0 Å². The lowest BCUT2D eigenvalue weighted by molar-refractivity contribution is 0.0891. The average molecular weight is 268 g/mol. The van der Waals surface area contributed by atoms with Gasteiger partial charge in [-0.05, 0) is 38.9 Å². The average Bonchev–Trinajstić information content (AvgIpc) is 2.37. The number of nitrogens with zero attached hydrogens (tertiary/aromatic N) is 1. The van der Waals surface area contributed by atoms with Gasteiger partial charge in [-0.1, -0.05) is 6.07 Å². The number of benzene rings is 1. The van der Waals surface area contributed by atoms with Crippen molar-refractivity contribution in [2.24, 2.45) is 0 Å². The summed E-state index contributed by atoms with van der Waals surface area (Å²) in [6.45, 7) is 2.97. The van der Waals surface area contributed by atoms with Crippen molar-refractivity contribution in [1.82, 2.24) is 10.2 Å². The molecule has 1 aromatic rings. The van der Waals surface area contributed by atoms with E-state index in [-0.39, 0.29) is 11.6 Å². The predicted octanol–water partition coefficient (Wildman–Crippen LogP) is 2.18. The third kappa shape index (κ3) is 3.10. The van der Waals surface area contributed by atoms with E-state index in [0.717, 1.165) is 25.5 Å². The summed E-state index contributed by atoms with van der Waals surface area (Å²) < 4.78 is 26.6. The van der Waals surface area contributed by atoms with Gasteiger partial charge in [-0.15, -0.1) is 0 Å². The van der Waals surface area contributed by atoms with E-state index in [2.05, 4.69) is 17.1 Å². The lowest BCUT2D eigenvalue weighted by Gasteiger charge is -2.35. The van der Waals surface area contributed by atoms with Gasteiger partial charge in [0.1, 0.15) is 0 Å². The van der Waals surface area contributed by atoms with Crippen molar-refractivity contribution in [3.63, 3.8) is 0 Å². The van der Waals surface area contributed by atoms with Crippen LogP contribution in [0.5, 0.6) is 0 Å². The van der Waals surface area contributed by atoms with Gasteiger partial charge in [-0.2, -0.15) is 0 Å². The molecule has 5 heteroatoms. The molecule has 1 N–H and O–H groups in total. The van der Waals surface area contributed by atoms with Crippen LogP contribution in [0.25, 0.3) is 0 Å². The molecule has 1 aromatic carbocycles. The zero-order valence-corrected chi connectivity index (χ0v) is 11.1. The van der Waals surface area contributed by atoms with Crippen molar-refractivity contribution in [1.29, 1.82) is 0 Å². The van der Waals surface area contributed by atoms with Crippen LogP contribution in [0, 0.1) is 11.6 Å².